The van der Waals surface area contributed by atoms with E-state index in [4.69, 9.17) is 4.43 Å². The Balaban J connectivity index is 1.77. The molecule has 0 spiro atoms. The maximum Gasteiger partial charge on any atom is 0.193 e. The molecule has 0 amide bonds. The Morgan fingerprint density at radius 3 is 2.52 bits per heavy atom. The van der Waals surface area contributed by atoms with Crippen LogP contribution in [0.4, 0.5) is 0 Å². The van der Waals surface area contributed by atoms with Crippen LogP contribution in [0.2, 0.25) is 18.1 Å². The van der Waals surface area contributed by atoms with E-state index in [0.29, 0.717) is 12.0 Å². The number of hydrogen-bond acceptors (Lipinski definition) is 3. The van der Waals surface area contributed by atoms with Crippen LogP contribution in [0.3, 0.4) is 0 Å². The molecule has 1 aliphatic carbocycles. The quantitative estimate of drug-likeness (QED) is 0.576. The average molecular weight is 422 g/mol. The van der Waals surface area contributed by atoms with Gasteiger partial charge >= 0.3 is 0 Å². The van der Waals surface area contributed by atoms with Gasteiger partial charge in [-0.05, 0) is 65.0 Å². The molecule has 0 aromatic carbocycles. The van der Waals surface area contributed by atoms with Crippen LogP contribution in [0, 0.1) is 5.92 Å². The molecule has 0 bridgehead atoms. The lowest BCUT2D eigenvalue weighted by atomic mass is 9.76. The Bertz CT molecular complexity index is 705. The van der Waals surface area contributed by atoms with E-state index in [1.165, 1.54) is 0 Å². The highest BCUT2D eigenvalue weighted by molar-refractivity contribution is 9.10. The van der Waals surface area contributed by atoms with Crippen molar-refractivity contribution in [2.75, 3.05) is 0 Å². The highest BCUT2D eigenvalue weighted by atomic mass is 79.9. The third-order valence-electron chi connectivity index (χ3n) is 5.73. The molecule has 1 fully saturated rings. The Kier molecular flexibility index (Phi) is 5.24. The molecule has 25 heavy (non-hydrogen) atoms. The van der Waals surface area contributed by atoms with Gasteiger partial charge < -0.3 is 4.43 Å². The number of pyridine rings is 1. The number of nitrogens with zero attached hydrogens (tertiary/aromatic N) is 3. The van der Waals surface area contributed by atoms with Gasteiger partial charge in [0.15, 0.2) is 8.32 Å². The molecular formula is C19H28BrN3OSi. The monoisotopic (exact) mass is 421 g/mol. The van der Waals surface area contributed by atoms with Crippen LogP contribution in [0.15, 0.2) is 41.3 Å². The standard InChI is InChI=1S/C19H28BrN3OSi/c1-19(2,3)25(4,5)24-18(17-8-6-7-9-21-17)14-10-16(11-14)23-13-15(20)12-22-23/h6-9,12-14,16,18H,10-11H2,1-5H3. The average Bonchev–Trinajstić information content (AvgIpc) is 2.90. The van der Waals surface area contributed by atoms with Gasteiger partial charge in [-0.3, -0.25) is 9.67 Å². The van der Waals surface area contributed by atoms with Gasteiger partial charge in [-0.25, -0.2) is 0 Å². The molecule has 136 valence electrons. The summed E-state index contributed by atoms with van der Waals surface area (Å²) in [6.07, 6.45) is 8.05. The second-order valence-corrected chi connectivity index (χ2v) is 14.2. The van der Waals surface area contributed by atoms with Crippen molar-refractivity contribution in [1.82, 2.24) is 14.8 Å². The van der Waals surface area contributed by atoms with Crippen LogP contribution in [-0.2, 0) is 4.43 Å². The topological polar surface area (TPSA) is 39.9 Å². The van der Waals surface area contributed by atoms with Gasteiger partial charge in [-0.15, -0.1) is 0 Å². The molecule has 4 nitrogen and oxygen atoms in total. The van der Waals surface area contributed by atoms with E-state index in [1.54, 1.807) is 0 Å². The molecule has 1 saturated carbocycles. The first-order valence-corrected chi connectivity index (χ1v) is 12.7. The van der Waals surface area contributed by atoms with Crippen molar-refractivity contribution in [1.29, 1.82) is 0 Å². The second kappa shape index (κ2) is 6.97. The SMILES string of the molecule is CC(C)(C)[Si](C)(C)OC(c1ccccn1)C1CC(n2cc(Br)cn2)C1. The lowest BCUT2D eigenvalue weighted by Crippen LogP contribution is -2.45. The van der Waals surface area contributed by atoms with Crippen molar-refractivity contribution in [3.05, 3.63) is 47.0 Å². The van der Waals surface area contributed by atoms with Crippen LogP contribution >= 0.6 is 15.9 Å². The third-order valence-corrected chi connectivity index (χ3v) is 10.6. The molecule has 2 aromatic heterocycles. The van der Waals surface area contributed by atoms with Crippen LogP contribution in [0.1, 0.15) is 51.5 Å². The lowest BCUT2D eigenvalue weighted by Gasteiger charge is -2.45. The van der Waals surface area contributed by atoms with Gasteiger partial charge in [-0.1, -0.05) is 26.8 Å². The van der Waals surface area contributed by atoms with Gasteiger partial charge in [0, 0.05) is 12.4 Å². The van der Waals surface area contributed by atoms with E-state index in [1.807, 2.05) is 18.5 Å². The minimum atomic E-state index is -1.86. The lowest BCUT2D eigenvalue weighted by molar-refractivity contribution is 0.0325. The fourth-order valence-corrected chi connectivity index (χ4v) is 4.65. The summed E-state index contributed by atoms with van der Waals surface area (Å²) >= 11 is 3.48. The normalized spacial score (nSPS) is 22.5. The zero-order valence-corrected chi connectivity index (χ0v) is 18.3. The minimum Gasteiger partial charge on any atom is -0.408 e. The Morgan fingerprint density at radius 2 is 2.00 bits per heavy atom. The van der Waals surface area contributed by atoms with E-state index in [-0.39, 0.29) is 11.1 Å². The Labute approximate surface area is 160 Å². The summed E-state index contributed by atoms with van der Waals surface area (Å²) in [5.41, 5.74) is 1.07. The molecular weight excluding hydrogens is 394 g/mol. The summed E-state index contributed by atoms with van der Waals surface area (Å²) in [5, 5.41) is 4.63. The Morgan fingerprint density at radius 1 is 1.28 bits per heavy atom. The fourth-order valence-electron chi connectivity index (χ4n) is 3.04. The van der Waals surface area contributed by atoms with Crippen molar-refractivity contribution in [2.24, 2.45) is 5.92 Å². The van der Waals surface area contributed by atoms with Crippen LogP contribution in [-0.4, -0.2) is 23.1 Å². The molecule has 0 aliphatic heterocycles. The molecule has 1 unspecified atom stereocenters. The predicted molar refractivity (Wildman–Crippen MR) is 107 cm³/mol. The van der Waals surface area contributed by atoms with E-state index >= 15 is 0 Å². The molecule has 3 rings (SSSR count). The zero-order valence-electron chi connectivity index (χ0n) is 15.7. The first kappa shape index (κ1) is 18.8. The van der Waals surface area contributed by atoms with Crippen LogP contribution < -0.4 is 0 Å². The molecule has 6 heteroatoms. The smallest absolute Gasteiger partial charge is 0.193 e. The van der Waals surface area contributed by atoms with Gasteiger partial charge in [-0.2, -0.15) is 5.10 Å². The summed E-state index contributed by atoms with van der Waals surface area (Å²) in [4.78, 5) is 4.62. The zero-order chi connectivity index (χ0) is 18.2. The summed E-state index contributed by atoms with van der Waals surface area (Å²) < 4.78 is 9.93. The minimum absolute atomic E-state index is 0.0809. The Hall–Kier alpha value is -0.983. The highest BCUT2D eigenvalue weighted by Gasteiger charge is 2.45. The van der Waals surface area contributed by atoms with Gasteiger partial charge in [0.1, 0.15) is 0 Å². The molecule has 1 aliphatic rings. The van der Waals surface area contributed by atoms with Crippen LogP contribution in [0.5, 0.6) is 0 Å². The van der Waals surface area contributed by atoms with Gasteiger partial charge in [0.25, 0.3) is 0 Å². The van der Waals surface area contributed by atoms with Crippen molar-refractivity contribution in [3.8, 4) is 0 Å². The van der Waals surface area contributed by atoms with E-state index < -0.39 is 8.32 Å². The first-order valence-electron chi connectivity index (χ1n) is 8.96. The highest BCUT2D eigenvalue weighted by Crippen LogP contribution is 2.49. The maximum atomic E-state index is 6.82. The molecule has 2 heterocycles. The van der Waals surface area contributed by atoms with Crippen molar-refractivity contribution < 1.29 is 4.43 Å². The van der Waals surface area contributed by atoms with Crippen molar-refractivity contribution in [3.63, 3.8) is 0 Å². The summed E-state index contributed by atoms with van der Waals surface area (Å²) in [5.74, 6) is 0.497. The molecule has 0 saturated heterocycles. The van der Waals surface area contributed by atoms with E-state index in [2.05, 4.69) is 82.9 Å². The van der Waals surface area contributed by atoms with Gasteiger partial charge in [0.2, 0.25) is 0 Å². The van der Waals surface area contributed by atoms with E-state index in [9.17, 15) is 0 Å². The first-order chi connectivity index (χ1) is 11.7. The maximum absolute atomic E-state index is 6.82. The largest absolute Gasteiger partial charge is 0.408 e. The van der Waals surface area contributed by atoms with Crippen molar-refractivity contribution in [2.45, 2.75) is 63.9 Å². The molecule has 0 N–H and O–H groups in total. The second-order valence-electron chi connectivity index (χ2n) is 8.58. The summed E-state index contributed by atoms with van der Waals surface area (Å²) in [7, 11) is -1.86. The predicted octanol–water partition coefficient (Wildman–Crippen LogP) is 5.75. The van der Waals surface area contributed by atoms with Crippen molar-refractivity contribution >= 4 is 24.2 Å². The molecule has 1 atom stereocenters. The molecule has 0 radical (unpaired) electrons. The molecule has 2 aromatic rings. The number of rotatable bonds is 5. The number of hydrogen-bond donors (Lipinski definition) is 0. The summed E-state index contributed by atoms with van der Waals surface area (Å²) in [6.45, 7) is 11.5. The summed E-state index contributed by atoms with van der Waals surface area (Å²) in [6, 6.07) is 6.60. The third kappa shape index (κ3) is 4.06. The number of aromatic nitrogens is 3. The van der Waals surface area contributed by atoms with Crippen LogP contribution in [0.25, 0.3) is 0 Å². The fraction of sp³-hybridized carbons (Fsp3) is 0.579. The van der Waals surface area contributed by atoms with Gasteiger partial charge in [0.05, 0.1) is 28.5 Å². The number of halogens is 1. The van der Waals surface area contributed by atoms with E-state index in [0.717, 1.165) is 23.0 Å².